The number of esters is 1. The fraction of sp³-hybridized carbons (Fsp3) is 0.857. The summed E-state index contributed by atoms with van der Waals surface area (Å²) in [7, 11) is 1.72. The van der Waals surface area contributed by atoms with Crippen LogP contribution in [-0.2, 0) is 9.53 Å². The van der Waals surface area contributed by atoms with Crippen LogP contribution in [-0.4, -0.2) is 26.2 Å². The van der Waals surface area contributed by atoms with Crippen molar-refractivity contribution in [2.75, 3.05) is 20.2 Å². The van der Waals surface area contributed by atoms with Crippen molar-refractivity contribution >= 4 is 5.97 Å². The van der Waals surface area contributed by atoms with Gasteiger partial charge in [0.05, 0.1) is 13.2 Å². The second kappa shape index (κ2) is 6.55. The molecule has 10 heavy (non-hydrogen) atoms. The molecule has 3 nitrogen and oxygen atoms in total. The Morgan fingerprint density at radius 2 is 2.30 bits per heavy atom. The van der Waals surface area contributed by atoms with Crippen LogP contribution in [0.3, 0.4) is 0 Å². The quantitative estimate of drug-likeness (QED) is 0.453. The van der Waals surface area contributed by atoms with Crippen LogP contribution in [0.5, 0.6) is 0 Å². The third-order valence-corrected chi connectivity index (χ3v) is 1.08. The summed E-state index contributed by atoms with van der Waals surface area (Å²) in [6.45, 7) is 2.92. The summed E-state index contributed by atoms with van der Waals surface area (Å²) in [6.07, 6.45) is 2.02. The van der Waals surface area contributed by atoms with Crippen LogP contribution in [0.4, 0.5) is 0 Å². The molecule has 0 spiro atoms. The lowest BCUT2D eigenvalue weighted by Crippen LogP contribution is -2.21. The number of carbonyl (C=O) groups excluding carboxylic acids is 1. The second-order valence-corrected chi connectivity index (χ2v) is 2.10. The van der Waals surface area contributed by atoms with E-state index in [0.717, 1.165) is 12.8 Å². The van der Waals surface area contributed by atoms with Gasteiger partial charge in [-0.1, -0.05) is 13.3 Å². The first-order valence-corrected chi connectivity index (χ1v) is 3.61. The van der Waals surface area contributed by atoms with E-state index < -0.39 is 0 Å². The van der Waals surface area contributed by atoms with Crippen molar-refractivity contribution in [1.29, 1.82) is 0 Å². The van der Waals surface area contributed by atoms with Crippen molar-refractivity contribution < 1.29 is 9.53 Å². The zero-order valence-corrected chi connectivity index (χ0v) is 6.64. The largest absolute Gasteiger partial charge is 0.465 e. The van der Waals surface area contributed by atoms with Gasteiger partial charge in [0.2, 0.25) is 0 Å². The van der Waals surface area contributed by atoms with E-state index in [2.05, 4.69) is 12.2 Å². The van der Waals surface area contributed by atoms with Crippen molar-refractivity contribution in [3.8, 4) is 0 Å². The van der Waals surface area contributed by atoms with Gasteiger partial charge in [-0.2, -0.15) is 0 Å². The Morgan fingerprint density at radius 1 is 1.60 bits per heavy atom. The van der Waals surface area contributed by atoms with E-state index in [1.165, 1.54) is 0 Å². The fourth-order valence-electron chi connectivity index (χ4n) is 0.526. The molecule has 0 fully saturated rings. The van der Waals surface area contributed by atoms with Gasteiger partial charge in [-0.15, -0.1) is 0 Å². The fourth-order valence-corrected chi connectivity index (χ4v) is 0.526. The number of nitrogens with one attached hydrogen (secondary N) is 1. The summed E-state index contributed by atoms with van der Waals surface area (Å²) >= 11 is 0. The molecule has 0 amide bonds. The zero-order chi connectivity index (χ0) is 7.82. The minimum atomic E-state index is -0.170. The lowest BCUT2D eigenvalue weighted by Gasteiger charge is -2.01. The third kappa shape index (κ3) is 5.56. The van der Waals surface area contributed by atoms with E-state index in [1.54, 1.807) is 7.05 Å². The zero-order valence-electron chi connectivity index (χ0n) is 6.64. The lowest BCUT2D eigenvalue weighted by molar-refractivity contribution is -0.142. The average Bonchev–Trinajstić information content (AvgIpc) is 1.89. The molecular weight excluding hydrogens is 130 g/mol. The molecule has 0 radical (unpaired) electrons. The lowest BCUT2D eigenvalue weighted by atomic mass is 10.4. The Morgan fingerprint density at radius 3 is 2.80 bits per heavy atom. The normalized spacial score (nSPS) is 9.40. The number of carbonyl (C=O) groups is 1. The molecule has 0 rings (SSSR count). The minimum Gasteiger partial charge on any atom is -0.465 e. The first kappa shape index (κ1) is 9.43. The molecule has 0 atom stereocenters. The molecule has 0 aliphatic carbocycles. The number of ether oxygens (including phenoxy) is 1. The van der Waals surface area contributed by atoms with Gasteiger partial charge in [0.1, 0.15) is 0 Å². The minimum absolute atomic E-state index is 0.170. The topological polar surface area (TPSA) is 38.3 Å². The monoisotopic (exact) mass is 145 g/mol. The van der Waals surface area contributed by atoms with Gasteiger partial charge in [0.25, 0.3) is 0 Å². The highest BCUT2D eigenvalue weighted by Crippen LogP contribution is 1.87. The van der Waals surface area contributed by atoms with E-state index in [-0.39, 0.29) is 5.97 Å². The average molecular weight is 145 g/mol. The molecule has 60 valence electrons. The first-order chi connectivity index (χ1) is 4.81. The van der Waals surface area contributed by atoms with Crippen LogP contribution in [0, 0.1) is 0 Å². The first-order valence-electron chi connectivity index (χ1n) is 3.61. The van der Waals surface area contributed by atoms with Crippen molar-refractivity contribution in [3.63, 3.8) is 0 Å². The Kier molecular flexibility index (Phi) is 6.18. The van der Waals surface area contributed by atoms with E-state index in [0.29, 0.717) is 13.2 Å². The molecule has 0 aromatic carbocycles. The van der Waals surface area contributed by atoms with Gasteiger partial charge in [-0.3, -0.25) is 4.79 Å². The Labute approximate surface area is 61.8 Å². The highest BCUT2D eigenvalue weighted by Gasteiger charge is 1.97. The number of unbranched alkanes of at least 4 members (excludes halogenated alkanes) is 1. The Hall–Kier alpha value is -0.570. The van der Waals surface area contributed by atoms with Crippen LogP contribution in [0.2, 0.25) is 0 Å². The molecule has 3 heteroatoms. The van der Waals surface area contributed by atoms with E-state index >= 15 is 0 Å². The maximum Gasteiger partial charge on any atom is 0.319 e. The van der Waals surface area contributed by atoms with Crippen LogP contribution in [0.25, 0.3) is 0 Å². The van der Waals surface area contributed by atoms with Crippen molar-refractivity contribution in [3.05, 3.63) is 0 Å². The molecular formula is C7H15NO2. The SMILES string of the molecule is CCCCOC(=O)CNC. The summed E-state index contributed by atoms with van der Waals surface area (Å²) in [5.74, 6) is -0.170. The van der Waals surface area contributed by atoms with Gasteiger partial charge in [0, 0.05) is 0 Å². The van der Waals surface area contributed by atoms with E-state index in [4.69, 9.17) is 4.74 Å². The van der Waals surface area contributed by atoms with Gasteiger partial charge < -0.3 is 10.1 Å². The molecule has 0 saturated carbocycles. The molecule has 1 N–H and O–H groups in total. The van der Waals surface area contributed by atoms with Crippen molar-refractivity contribution in [1.82, 2.24) is 5.32 Å². The van der Waals surface area contributed by atoms with Gasteiger partial charge in [0.15, 0.2) is 0 Å². The molecule has 0 aliphatic heterocycles. The Bertz CT molecular complexity index is 93.6. The third-order valence-electron chi connectivity index (χ3n) is 1.08. The highest BCUT2D eigenvalue weighted by molar-refractivity contribution is 5.71. The molecule has 0 aromatic heterocycles. The van der Waals surface area contributed by atoms with E-state index in [9.17, 15) is 4.79 Å². The molecule has 0 unspecified atom stereocenters. The predicted molar refractivity (Wildman–Crippen MR) is 39.8 cm³/mol. The molecule has 0 aliphatic rings. The smallest absolute Gasteiger partial charge is 0.319 e. The summed E-state index contributed by atoms with van der Waals surface area (Å²) < 4.78 is 4.82. The van der Waals surface area contributed by atoms with Gasteiger partial charge in [-0.25, -0.2) is 0 Å². The van der Waals surface area contributed by atoms with Crippen LogP contribution in [0.15, 0.2) is 0 Å². The number of hydrogen-bond acceptors (Lipinski definition) is 3. The number of hydrogen-bond donors (Lipinski definition) is 1. The maximum atomic E-state index is 10.6. The van der Waals surface area contributed by atoms with Gasteiger partial charge >= 0.3 is 5.97 Å². The van der Waals surface area contributed by atoms with E-state index in [1.807, 2.05) is 0 Å². The molecule has 0 aromatic rings. The van der Waals surface area contributed by atoms with Crippen LogP contribution < -0.4 is 5.32 Å². The van der Waals surface area contributed by atoms with Crippen LogP contribution >= 0.6 is 0 Å². The van der Waals surface area contributed by atoms with Crippen LogP contribution in [0.1, 0.15) is 19.8 Å². The Balaban J connectivity index is 3.05. The summed E-state index contributed by atoms with van der Waals surface area (Å²) in [5.41, 5.74) is 0. The molecule has 0 heterocycles. The second-order valence-electron chi connectivity index (χ2n) is 2.10. The number of rotatable bonds is 5. The summed E-state index contributed by atoms with van der Waals surface area (Å²) in [5, 5.41) is 2.72. The summed E-state index contributed by atoms with van der Waals surface area (Å²) in [4.78, 5) is 10.6. The van der Waals surface area contributed by atoms with Crippen molar-refractivity contribution in [2.45, 2.75) is 19.8 Å². The molecule has 0 bridgehead atoms. The summed E-state index contributed by atoms with van der Waals surface area (Å²) in [6, 6.07) is 0. The predicted octanol–water partition coefficient (Wildman–Crippen LogP) is 0.549. The standard InChI is InChI=1S/C7H15NO2/c1-3-4-5-10-7(9)6-8-2/h8H,3-6H2,1-2H3. The van der Waals surface area contributed by atoms with Crippen molar-refractivity contribution in [2.24, 2.45) is 0 Å². The molecule has 0 saturated heterocycles. The van der Waals surface area contributed by atoms with Gasteiger partial charge in [-0.05, 0) is 13.5 Å². The number of likely N-dealkylation sites (N-methyl/N-ethyl adjacent to an activating group) is 1. The highest BCUT2D eigenvalue weighted by atomic mass is 16.5. The maximum absolute atomic E-state index is 10.6.